The predicted octanol–water partition coefficient (Wildman–Crippen LogP) is 0.291. The molecule has 0 aliphatic heterocycles. The highest BCUT2D eigenvalue weighted by Gasteiger charge is 2.27. The molecular weight excluding hydrogens is 213 g/mol. The Labute approximate surface area is 86.2 Å². The normalized spacial score (nSPS) is 11.5. The number of likely N-dealkylation sites (N-methyl/N-ethyl adjacent to an activating group) is 1. The van der Waals surface area contributed by atoms with Gasteiger partial charge in [-0.05, 0) is 6.92 Å². The van der Waals surface area contributed by atoms with Gasteiger partial charge >= 0.3 is 6.18 Å². The summed E-state index contributed by atoms with van der Waals surface area (Å²) in [7, 11) is 0. The quantitative estimate of drug-likeness (QED) is 0.616. The number of halogens is 3. The van der Waals surface area contributed by atoms with E-state index in [1.54, 1.807) is 6.92 Å². The second kappa shape index (κ2) is 7.47. The van der Waals surface area contributed by atoms with Crippen molar-refractivity contribution in [3.8, 4) is 0 Å². The van der Waals surface area contributed by atoms with Gasteiger partial charge in [0.05, 0.1) is 13.2 Å². The lowest BCUT2D eigenvalue weighted by Crippen LogP contribution is -2.35. The molecule has 0 unspecified atom stereocenters. The molecule has 0 aromatic heterocycles. The molecule has 0 saturated heterocycles. The minimum atomic E-state index is -4.29. The molecule has 0 rings (SSSR count). The number of carbonyl (C=O) groups is 1. The maximum Gasteiger partial charge on any atom is 0.411 e. The Kier molecular flexibility index (Phi) is 7.06. The molecule has 0 saturated carbocycles. The van der Waals surface area contributed by atoms with Crippen LogP contribution in [0.25, 0.3) is 0 Å². The summed E-state index contributed by atoms with van der Waals surface area (Å²) in [5.41, 5.74) is 0. The first-order valence-electron chi connectivity index (χ1n) is 4.57. The van der Waals surface area contributed by atoms with Gasteiger partial charge in [0.15, 0.2) is 0 Å². The molecule has 0 spiro atoms. The van der Waals surface area contributed by atoms with Crippen molar-refractivity contribution < 1.29 is 22.7 Å². The van der Waals surface area contributed by atoms with Gasteiger partial charge in [0, 0.05) is 13.1 Å². The second-order valence-electron chi connectivity index (χ2n) is 2.80. The van der Waals surface area contributed by atoms with Gasteiger partial charge in [-0.15, -0.1) is 0 Å². The average Bonchev–Trinajstić information content (AvgIpc) is 2.09. The summed E-state index contributed by atoms with van der Waals surface area (Å²) in [6, 6.07) is 0. The summed E-state index contributed by atoms with van der Waals surface area (Å²) < 4.78 is 39.1. The highest BCUT2D eigenvalue weighted by atomic mass is 19.4. The second-order valence-corrected chi connectivity index (χ2v) is 2.80. The van der Waals surface area contributed by atoms with Gasteiger partial charge in [-0.25, -0.2) is 0 Å². The lowest BCUT2D eigenvalue weighted by molar-refractivity contribution is -0.173. The summed E-state index contributed by atoms with van der Waals surface area (Å²) in [5, 5.41) is 5.19. The fourth-order valence-corrected chi connectivity index (χ4v) is 0.794. The van der Waals surface area contributed by atoms with Gasteiger partial charge in [0.1, 0.15) is 6.61 Å². The molecule has 90 valence electrons. The van der Waals surface area contributed by atoms with Gasteiger partial charge in [-0.2, -0.15) is 13.2 Å². The highest BCUT2D eigenvalue weighted by Crippen LogP contribution is 2.13. The molecule has 0 aromatic carbocycles. The molecule has 15 heavy (non-hydrogen) atoms. The lowest BCUT2D eigenvalue weighted by Gasteiger charge is -2.08. The first-order valence-corrected chi connectivity index (χ1v) is 4.57. The first kappa shape index (κ1) is 14.2. The van der Waals surface area contributed by atoms with E-state index in [0.29, 0.717) is 6.54 Å². The van der Waals surface area contributed by atoms with Crippen LogP contribution in [0.3, 0.4) is 0 Å². The molecule has 0 aliphatic carbocycles. The smallest absolute Gasteiger partial charge is 0.371 e. The largest absolute Gasteiger partial charge is 0.411 e. The molecule has 0 radical (unpaired) electrons. The van der Waals surface area contributed by atoms with Crippen LogP contribution in [0.15, 0.2) is 0 Å². The number of amides is 1. The lowest BCUT2D eigenvalue weighted by atomic mass is 10.5. The summed E-state index contributed by atoms with van der Waals surface area (Å²) in [5.74, 6) is -0.187. The Hall–Kier alpha value is -0.820. The van der Waals surface area contributed by atoms with E-state index in [4.69, 9.17) is 0 Å². The van der Waals surface area contributed by atoms with E-state index in [1.807, 2.05) is 0 Å². The van der Waals surface area contributed by atoms with Crippen LogP contribution in [0, 0.1) is 0 Å². The van der Waals surface area contributed by atoms with Crippen molar-refractivity contribution in [1.29, 1.82) is 0 Å². The number of nitrogens with one attached hydrogen (secondary N) is 2. The molecule has 1 amide bonds. The fraction of sp³-hybridized carbons (Fsp3) is 0.875. The van der Waals surface area contributed by atoms with Crippen LogP contribution in [0.2, 0.25) is 0 Å². The fourth-order valence-electron chi connectivity index (χ4n) is 0.794. The van der Waals surface area contributed by atoms with Crippen LogP contribution in [0.5, 0.6) is 0 Å². The van der Waals surface area contributed by atoms with Crippen molar-refractivity contribution in [1.82, 2.24) is 10.6 Å². The average molecular weight is 228 g/mol. The molecule has 0 heterocycles. The van der Waals surface area contributed by atoms with Crippen LogP contribution in [0.1, 0.15) is 6.92 Å². The van der Waals surface area contributed by atoms with E-state index >= 15 is 0 Å². The highest BCUT2D eigenvalue weighted by molar-refractivity contribution is 5.77. The first-order chi connectivity index (χ1) is 6.95. The Morgan fingerprint density at radius 1 is 1.40 bits per heavy atom. The molecule has 0 aliphatic rings. The van der Waals surface area contributed by atoms with Crippen LogP contribution >= 0.6 is 0 Å². The van der Waals surface area contributed by atoms with Crippen LogP contribution in [0.4, 0.5) is 13.2 Å². The van der Waals surface area contributed by atoms with Gasteiger partial charge in [0.2, 0.25) is 5.91 Å². The maximum atomic E-state index is 11.6. The van der Waals surface area contributed by atoms with E-state index in [0.717, 1.165) is 0 Å². The number of alkyl halides is 3. The SMILES string of the molecule is CCNC(=O)CNCCOCC(F)(F)F. The molecule has 0 atom stereocenters. The summed E-state index contributed by atoms with van der Waals surface area (Å²) in [6.45, 7) is 1.29. The molecule has 7 heteroatoms. The summed E-state index contributed by atoms with van der Waals surface area (Å²) in [6.07, 6.45) is -4.29. The van der Waals surface area contributed by atoms with E-state index in [1.165, 1.54) is 0 Å². The van der Waals surface area contributed by atoms with Crippen molar-refractivity contribution in [2.45, 2.75) is 13.1 Å². The molecule has 4 nitrogen and oxygen atoms in total. The van der Waals surface area contributed by atoms with Crippen LogP contribution in [-0.4, -0.2) is 44.9 Å². The summed E-state index contributed by atoms with van der Waals surface area (Å²) in [4.78, 5) is 10.8. The monoisotopic (exact) mass is 228 g/mol. The maximum absolute atomic E-state index is 11.6. The number of rotatable bonds is 7. The van der Waals surface area contributed by atoms with Crippen LogP contribution < -0.4 is 10.6 Å². The Bertz CT molecular complexity index is 185. The van der Waals surface area contributed by atoms with Crippen molar-refractivity contribution in [3.05, 3.63) is 0 Å². The van der Waals surface area contributed by atoms with Gasteiger partial charge < -0.3 is 15.4 Å². The standard InChI is InChI=1S/C8H15F3N2O2/c1-2-13-7(14)5-12-3-4-15-6-8(9,10)11/h12H,2-6H2,1H3,(H,13,14). The molecule has 0 bridgehead atoms. The Balaban J connectivity index is 3.22. The topological polar surface area (TPSA) is 50.4 Å². The zero-order chi connectivity index (χ0) is 11.7. The van der Waals surface area contributed by atoms with E-state index in [2.05, 4.69) is 15.4 Å². The zero-order valence-corrected chi connectivity index (χ0v) is 8.49. The van der Waals surface area contributed by atoms with Crippen molar-refractivity contribution >= 4 is 5.91 Å². The van der Waals surface area contributed by atoms with Crippen LogP contribution in [-0.2, 0) is 9.53 Å². The zero-order valence-electron chi connectivity index (χ0n) is 8.49. The van der Waals surface area contributed by atoms with Gasteiger partial charge in [-0.3, -0.25) is 4.79 Å². The van der Waals surface area contributed by atoms with E-state index in [-0.39, 0.29) is 25.6 Å². The minimum absolute atomic E-state index is 0.0705. The third kappa shape index (κ3) is 11.1. The van der Waals surface area contributed by atoms with Crippen molar-refractivity contribution in [3.63, 3.8) is 0 Å². The van der Waals surface area contributed by atoms with E-state index in [9.17, 15) is 18.0 Å². The van der Waals surface area contributed by atoms with Crippen molar-refractivity contribution in [2.75, 3.05) is 32.8 Å². The molecule has 0 fully saturated rings. The third-order valence-corrected chi connectivity index (χ3v) is 1.35. The number of hydrogen-bond donors (Lipinski definition) is 2. The number of hydrogen-bond acceptors (Lipinski definition) is 3. The Morgan fingerprint density at radius 2 is 2.07 bits per heavy atom. The van der Waals surface area contributed by atoms with Crippen molar-refractivity contribution in [2.24, 2.45) is 0 Å². The molecule has 2 N–H and O–H groups in total. The van der Waals surface area contributed by atoms with E-state index < -0.39 is 12.8 Å². The minimum Gasteiger partial charge on any atom is -0.371 e. The molecular formula is C8H15F3N2O2. The van der Waals surface area contributed by atoms with Gasteiger partial charge in [-0.1, -0.05) is 0 Å². The van der Waals surface area contributed by atoms with Gasteiger partial charge in [0.25, 0.3) is 0 Å². The number of carbonyl (C=O) groups excluding carboxylic acids is 1. The third-order valence-electron chi connectivity index (χ3n) is 1.35. The molecule has 0 aromatic rings. The Morgan fingerprint density at radius 3 is 2.60 bits per heavy atom. The predicted molar refractivity (Wildman–Crippen MR) is 48.4 cm³/mol. The number of ether oxygens (including phenoxy) is 1. The summed E-state index contributed by atoms with van der Waals surface area (Å²) >= 11 is 0.